The highest BCUT2D eigenvalue weighted by Crippen LogP contribution is 2.39. The second-order valence-corrected chi connectivity index (χ2v) is 8.77. The summed E-state index contributed by atoms with van der Waals surface area (Å²) >= 11 is 6.28. The van der Waals surface area contributed by atoms with Crippen LogP contribution in [0, 0.1) is 6.92 Å². The molecule has 0 bridgehead atoms. The minimum absolute atomic E-state index is 0.0299. The number of amides is 1. The smallest absolute Gasteiger partial charge is 0.290 e. The number of rotatable bonds is 5. The lowest BCUT2D eigenvalue weighted by Gasteiger charge is -2.25. The monoisotopic (exact) mass is 475 g/mol. The summed E-state index contributed by atoms with van der Waals surface area (Å²) in [5.74, 6) is 0.476. The Bertz CT molecular complexity index is 1480. The lowest BCUT2D eigenvalue weighted by Crippen LogP contribution is -2.31. The first kappa shape index (κ1) is 22.0. The van der Waals surface area contributed by atoms with Crippen LogP contribution in [0.2, 0.25) is 5.02 Å². The van der Waals surface area contributed by atoms with E-state index in [0.717, 1.165) is 16.9 Å². The normalized spacial score (nSPS) is 15.1. The van der Waals surface area contributed by atoms with Gasteiger partial charge >= 0.3 is 0 Å². The number of methoxy groups -OCH3 is 1. The van der Waals surface area contributed by atoms with Crippen molar-refractivity contribution in [1.29, 1.82) is 0 Å². The van der Waals surface area contributed by atoms with Crippen molar-refractivity contribution in [2.24, 2.45) is 0 Å². The van der Waals surface area contributed by atoms with E-state index in [4.69, 9.17) is 20.8 Å². The molecule has 0 saturated heterocycles. The number of nitrogens with zero attached hydrogens (tertiary/aromatic N) is 1. The third-order valence-electron chi connectivity index (χ3n) is 6.23. The Morgan fingerprint density at radius 1 is 1.09 bits per heavy atom. The van der Waals surface area contributed by atoms with E-state index in [2.05, 4.69) is 0 Å². The standard InChI is InChI=1S/C27H22ClNO5/c1-15-12-22-20(14-21(15)28)25(31)23-24(17-4-3-5-18(30)13-17)29(27(32)26(23)34-22)11-10-16-6-8-19(33-2)9-7-16/h3-9,12-14,24,30H,10-11H2,1-2H3/t24-/m0/s1. The molecule has 4 aromatic rings. The number of phenols is 1. The van der Waals surface area contributed by atoms with E-state index >= 15 is 0 Å². The van der Waals surface area contributed by atoms with E-state index < -0.39 is 6.04 Å². The van der Waals surface area contributed by atoms with Crippen molar-refractivity contribution in [1.82, 2.24) is 4.90 Å². The van der Waals surface area contributed by atoms with Gasteiger partial charge in [-0.15, -0.1) is 0 Å². The van der Waals surface area contributed by atoms with Gasteiger partial charge in [-0.1, -0.05) is 35.9 Å². The van der Waals surface area contributed by atoms with Gasteiger partial charge in [0.2, 0.25) is 5.76 Å². The molecule has 6 nitrogen and oxygen atoms in total. The maximum atomic E-state index is 13.6. The van der Waals surface area contributed by atoms with Gasteiger partial charge in [0.15, 0.2) is 5.43 Å². The van der Waals surface area contributed by atoms with Crippen LogP contribution in [0.25, 0.3) is 11.0 Å². The van der Waals surface area contributed by atoms with E-state index in [1.807, 2.05) is 31.2 Å². The Balaban J connectivity index is 1.62. The molecular weight excluding hydrogens is 454 g/mol. The minimum atomic E-state index is -0.687. The molecule has 5 rings (SSSR count). The van der Waals surface area contributed by atoms with Gasteiger partial charge in [0.05, 0.1) is 24.1 Å². The highest BCUT2D eigenvalue weighted by molar-refractivity contribution is 6.32. The van der Waals surface area contributed by atoms with Gasteiger partial charge in [0.25, 0.3) is 5.91 Å². The van der Waals surface area contributed by atoms with Gasteiger partial charge in [-0.2, -0.15) is 0 Å². The van der Waals surface area contributed by atoms with Crippen molar-refractivity contribution in [3.8, 4) is 11.5 Å². The van der Waals surface area contributed by atoms with Crippen molar-refractivity contribution in [3.63, 3.8) is 0 Å². The first-order chi connectivity index (χ1) is 16.4. The zero-order valence-electron chi connectivity index (χ0n) is 18.7. The van der Waals surface area contributed by atoms with Gasteiger partial charge < -0.3 is 19.2 Å². The van der Waals surface area contributed by atoms with Crippen molar-refractivity contribution >= 4 is 28.5 Å². The second-order valence-electron chi connectivity index (χ2n) is 8.37. The van der Waals surface area contributed by atoms with Gasteiger partial charge in [0.1, 0.15) is 17.1 Å². The number of hydrogen-bond acceptors (Lipinski definition) is 5. The maximum Gasteiger partial charge on any atom is 0.290 e. The molecule has 2 heterocycles. The van der Waals surface area contributed by atoms with Gasteiger partial charge in [-0.05, 0) is 66.4 Å². The number of halogens is 1. The average molecular weight is 476 g/mol. The largest absolute Gasteiger partial charge is 0.508 e. The molecule has 7 heteroatoms. The lowest BCUT2D eigenvalue weighted by molar-refractivity contribution is 0.0730. The fraction of sp³-hybridized carbons (Fsp3) is 0.185. The maximum absolute atomic E-state index is 13.6. The van der Waals surface area contributed by atoms with E-state index in [1.54, 1.807) is 48.4 Å². The molecule has 3 aromatic carbocycles. The van der Waals surface area contributed by atoms with Crippen LogP contribution in [-0.2, 0) is 6.42 Å². The summed E-state index contributed by atoms with van der Waals surface area (Å²) in [6.45, 7) is 2.17. The Kier molecular flexibility index (Phi) is 5.54. The molecule has 1 amide bonds. The van der Waals surface area contributed by atoms with E-state index in [0.29, 0.717) is 34.5 Å². The van der Waals surface area contributed by atoms with Gasteiger partial charge in [-0.3, -0.25) is 9.59 Å². The molecule has 0 spiro atoms. The van der Waals surface area contributed by atoms with Crippen LogP contribution in [0.5, 0.6) is 11.5 Å². The summed E-state index contributed by atoms with van der Waals surface area (Å²) in [6.07, 6.45) is 0.567. The van der Waals surface area contributed by atoms with Crippen LogP contribution in [0.4, 0.5) is 0 Å². The predicted molar refractivity (Wildman–Crippen MR) is 130 cm³/mol. The summed E-state index contributed by atoms with van der Waals surface area (Å²) in [6, 6.07) is 16.8. The number of aromatic hydroxyl groups is 1. The molecule has 1 aliphatic heterocycles. The SMILES string of the molecule is COc1ccc(CCN2C(=O)c3oc4cc(C)c(Cl)cc4c(=O)c3[C@@H]2c2cccc(O)c2)cc1. The molecule has 0 saturated carbocycles. The van der Waals surface area contributed by atoms with Crippen LogP contribution >= 0.6 is 11.6 Å². The number of phenolic OH excluding ortho intramolecular Hbond substituents is 1. The first-order valence-electron chi connectivity index (χ1n) is 10.9. The predicted octanol–water partition coefficient (Wildman–Crippen LogP) is 5.26. The fourth-order valence-electron chi connectivity index (χ4n) is 4.45. The Morgan fingerprint density at radius 2 is 1.85 bits per heavy atom. The van der Waals surface area contributed by atoms with Crippen molar-refractivity contribution in [2.75, 3.05) is 13.7 Å². The summed E-state index contributed by atoms with van der Waals surface area (Å²) in [5.41, 5.74) is 2.69. The second kappa shape index (κ2) is 8.54. The van der Waals surface area contributed by atoms with Crippen LogP contribution in [0.3, 0.4) is 0 Å². The molecule has 0 radical (unpaired) electrons. The molecule has 172 valence electrons. The molecule has 1 aromatic heterocycles. The number of aryl methyl sites for hydroxylation is 1. The van der Waals surface area contributed by atoms with Crippen LogP contribution in [0.1, 0.15) is 38.9 Å². The number of carbonyl (C=O) groups is 1. The number of fused-ring (bicyclic) bond motifs is 2. The van der Waals surface area contributed by atoms with Gasteiger partial charge in [-0.25, -0.2) is 0 Å². The zero-order valence-corrected chi connectivity index (χ0v) is 19.4. The molecule has 0 unspecified atom stereocenters. The molecule has 1 aliphatic rings. The molecular formula is C27H22ClNO5. The first-order valence-corrected chi connectivity index (χ1v) is 11.2. The topological polar surface area (TPSA) is 80.0 Å². The van der Waals surface area contributed by atoms with Crippen molar-refractivity contribution in [2.45, 2.75) is 19.4 Å². The number of carbonyl (C=O) groups excluding carboxylic acids is 1. The highest BCUT2D eigenvalue weighted by atomic mass is 35.5. The van der Waals surface area contributed by atoms with E-state index in [-0.39, 0.29) is 28.4 Å². The number of ether oxygens (including phenoxy) is 1. The highest BCUT2D eigenvalue weighted by Gasteiger charge is 2.42. The van der Waals surface area contributed by atoms with Crippen LogP contribution in [-0.4, -0.2) is 29.6 Å². The summed E-state index contributed by atoms with van der Waals surface area (Å²) in [5, 5.41) is 10.9. The quantitative estimate of drug-likeness (QED) is 0.426. The molecule has 0 aliphatic carbocycles. The van der Waals surface area contributed by atoms with Crippen LogP contribution < -0.4 is 10.2 Å². The third-order valence-corrected chi connectivity index (χ3v) is 6.64. The minimum Gasteiger partial charge on any atom is -0.508 e. The average Bonchev–Trinajstić information content (AvgIpc) is 3.11. The summed E-state index contributed by atoms with van der Waals surface area (Å²) < 4.78 is 11.2. The number of hydrogen-bond donors (Lipinski definition) is 1. The van der Waals surface area contributed by atoms with Crippen LogP contribution in [0.15, 0.2) is 69.9 Å². The summed E-state index contributed by atoms with van der Waals surface area (Å²) in [4.78, 5) is 28.8. The Hall–Kier alpha value is -3.77. The number of benzene rings is 3. The molecule has 1 N–H and O–H groups in total. The molecule has 0 fully saturated rings. The zero-order chi connectivity index (χ0) is 24.0. The fourth-order valence-corrected chi connectivity index (χ4v) is 4.62. The van der Waals surface area contributed by atoms with E-state index in [9.17, 15) is 14.7 Å². The third kappa shape index (κ3) is 3.70. The van der Waals surface area contributed by atoms with Crippen molar-refractivity contribution < 1.29 is 19.1 Å². The summed E-state index contributed by atoms with van der Waals surface area (Å²) in [7, 11) is 1.61. The lowest BCUT2D eigenvalue weighted by atomic mass is 9.98. The molecule has 34 heavy (non-hydrogen) atoms. The van der Waals surface area contributed by atoms with Gasteiger partial charge in [0, 0.05) is 11.6 Å². The Labute approximate surface area is 201 Å². The van der Waals surface area contributed by atoms with E-state index in [1.165, 1.54) is 0 Å². The Morgan fingerprint density at radius 3 is 2.56 bits per heavy atom. The molecule has 1 atom stereocenters. The van der Waals surface area contributed by atoms with Crippen molar-refractivity contribution in [3.05, 3.63) is 104 Å².